The first kappa shape index (κ1) is 17.5. The highest BCUT2D eigenvalue weighted by molar-refractivity contribution is 5.91. The lowest BCUT2D eigenvalue weighted by molar-refractivity contribution is 0.0472. The maximum absolute atomic E-state index is 12.0. The Morgan fingerprint density at radius 2 is 1.58 bits per heavy atom. The fourth-order valence-electron chi connectivity index (χ4n) is 1.92. The summed E-state index contributed by atoms with van der Waals surface area (Å²) < 4.78 is 10.4. The number of rotatable bonds is 4. The number of benzene rings is 2. The van der Waals surface area contributed by atoms with Crippen LogP contribution in [-0.4, -0.2) is 17.7 Å². The average Bonchev–Trinajstić information content (AvgIpc) is 2.52. The molecule has 0 aliphatic carbocycles. The molecule has 5 nitrogen and oxygen atoms in total. The van der Waals surface area contributed by atoms with Crippen molar-refractivity contribution in [3.8, 4) is 0 Å². The number of hydrogen-bond acceptors (Lipinski definition) is 4. The molecule has 2 rings (SSSR count). The monoisotopic (exact) mass is 327 g/mol. The van der Waals surface area contributed by atoms with E-state index < -0.39 is 17.7 Å². The number of nitrogens with one attached hydrogen (secondary N) is 1. The topological polar surface area (TPSA) is 64.6 Å². The number of carbonyl (C=O) groups excluding carboxylic acids is 2. The molecule has 0 spiro atoms. The van der Waals surface area contributed by atoms with Gasteiger partial charge in [0.1, 0.15) is 12.2 Å². The first-order chi connectivity index (χ1) is 11.3. The lowest BCUT2D eigenvalue weighted by Gasteiger charge is -2.19. The molecule has 0 bridgehead atoms. The summed E-state index contributed by atoms with van der Waals surface area (Å²) in [4.78, 5) is 23.7. The summed E-state index contributed by atoms with van der Waals surface area (Å²) in [5, 5.41) is 2.61. The van der Waals surface area contributed by atoms with E-state index in [-0.39, 0.29) is 6.61 Å². The zero-order valence-corrected chi connectivity index (χ0v) is 14.0. The Bertz CT molecular complexity index is 688. The molecule has 0 unspecified atom stereocenters. The van der Waals surface area contributed by atoms with Crippen LogP contribution in [0, 0.1) is 0 Å². The van der Waals surface area contributed by atoms with E-state index in [1.807, 2.05) is 30.3 Å². The minimum Gasteiger partial charge on any atom is -0.457 e. The molecule has 0 saturated heterocycles. The van der Waals surface area contributed by atoms with E-state index in [0.29, 0.717) is 11.3 Å². The second kappa shape index (κ2) is 7.64. The Kier molecular flexibility index (Phi) is 5.58. The van der Waals surface area contributed by atoms with Crippen LogP contribution in [0.5, 0.6) is 0 Å². The highest BCUT2D eigenvalue weighted by atomic mass is 16.6. The largest absolute Gasteiger partial charge is 0.457 e. The third kappa shape index (κ3) is 5.76. The van der Waals surface area contributed by atoms with Crippen LogP contribution in [0.25, 0.3) is 0 Å². The summed E-state index contributed by atoms with van der Waals surface area (Å²) >= 11 is 0. The van der Waals surface area contributed by atoms with Crippen molar-refractivity contribution >= 4 is 17.7 Å². The van der Waals surface area contributed by atoms with Crippen LogP contribution in [-0.2, 0) is 16.1 Å². The predicted molar refractivity (Wildman–Crippen MR) is 91.9 cm³/mol. The zero-order chi connectivity index (χ0) is 17.6. The molecule has 2 aromatic rings. The van der Waals surface area contributed by atoms with Crippen molar-refractivity contribution < 1.29 is 19.1 Å². The Hall–Kier alpha value is -2.82. The summed E-state index contributed by atoms with van der Waals surface area (Å²) in [5.74, 6) is -0.414. The fourth-order valence-corrected chi connectivity index (χ4v) is 1.92. The minimum absolute atomic E-state index is 0.220. The number of carbonyl (C=O) groups is 2. The second-order valence-electron chi connectivity index (χ2n) is 6.27. The molecule has 24 heavy (non-hydrogen) atoms. The molecule has 0 heterocycles. The third-order valence-corrected chi connectivity index (χ3v) is 2.98. The summed E-state index contributed by atoms with van der Waals surface area (Å²) in [6.07, 6.45) is -0.540. The number of anilines is 1. The highest BCUT2D eigenvalue weighted by Crippen LogP contribution is 2.14. The Balaban J connectivity index is 1.89. The van der Waals surface area contributed by atoms with Crippen molar-refractivity contribution in [2.75, 3.05) is 5.32 Å². The van der Waals surface area contributed by atoms with Crippen LogP contribution in [0.15, 0.2) is 54.6 Å². The Labute approximate surface area is 141 Å². The molecule has 0 saturated carbocycles. The number of hydrogen-bond donors (Lipinski definition) is 1. The predicted octanol–water partition coefficient (Wildman–Crippen LogP) is 4.39. The van der Waals surface area contributed by atoms with Gasteiger partial charge in [-0.3, -0.25) is 5.32 Å². The minimum atomic E-state index is -0.564. The summed E-state index contributed by atoms with van der Waals surface area (Å²) in [6, 6.07) is 15.9. The molecule has 1 N–H and O–H groups in total. The van der Waals surface area contributed by atoms with E-state index >= 15 is 0 Å². The van der Waals surface area contributed by atoms with Crippen molar-refractivity contribution in [3.05, 3.63) is 65.7 Å². The summed E-state index contributed by atoms with van der Waals surface area (Å²) in [5.41, 5.74) is 1.32. The lowest BCUT2D eigenvalue weighted by Crippen LogP contribution is -2.27. The standard InChI is InChI=1S/C19H21NO4/c1-19(2,3)24-18(22)20-16-11-9-15(10-12-16)17(21)23-13-14-7-5-4-6-8-14/h4-12H,13H2,1-3H3,(H,20,22). The van der Waals surface area contributed by atoms with Gasteiger partial charge in [0.2, 0.25) is 0 Å². The molecule has 2 aromatic carbocycles. The first-order valence-corrected chi connectivity index (χ1v) is 7.64. The smallest absolute Gasteiger partial charge is 0.412 e. The van der Waals surface area contributed by atoms with Gasteiger partial charge in [-0.2, -0.15) is 0 Å². The third-order valence-electron chi connectivity index (χ3n) is 2.98. The van der Waals surface area contributed by atoms with Crippen LogP contribution < -0.4 is 5.32 Å². The maximum Gasteiger partial charge on any atom is 0.412 e. The first-order valence-electron chi connectivity index (χ1n) is 7.64. The summed E-state index contributed by atoms with van der Waals surface area (Å²) in [7, 11) is 0. The van der Waals surface area contributed by atoms with Crippen LogP contribution in [0.4, 0.5) is 10.5 Å². The van der Waals surface area contributed by atoms with Gasteiger partial charge in [0.15, 0.2) is 0 Å². The van der Waals surface area contributed by atoms with Crippen molar-refractivity contribution in [2.24, 2.45) is 0 Å². The van der Waals surface area contributed by atoms with Gasteiger partial charge in [-0.1, -0.05) is 30.3 Å². The van der Waals surface area contributed by atoms with Gasteiger partial charge in [0, 0.05) is 5.69 Å². The number of ether oxygens (including phenoxy) is 2. The van der Waals surface area contributed by atoms with Crippen LogP contribution >= 0.6 is 0 Å². The van der Waals surface area contributed by atoms with Crippen molar-refractivity contribution in [3.63, 3.8) is 0 Å². The molecule has 126 valence electrons. The molecular formula is C19H21NO4. The molecule has 0 radical (unpaired) electrons. The SMILES string of the molecule is CC(C)(C)OC(=O)Nc1ccc(C(=O)OCc2ccccc2)cc1. The molecule has 5 heteroatoms. The zero-order valence-electron chi connectivity index (χ0n) is 14.0. The lowest BCUT2D eigenvalue weighted by atomic mass is 10.2. The van der Waals surface area contributed by atoms with E-state index in [1.165, 1.54) is 0 Å². The van der Waals surface area contributed by atoms with E-state index in [1.54, 1.807) is 45.0 Å². The average molecular weight is 327 g/mol. The van der Waals surface area contributed by atoms with E-state index in [2.05, 4.69) is 5.32 Å². The molecule has 1 amide bonds. The normalized spacial score (nSPS) is 10.8. The molecule has 0 aromatic heterocycles. The van der Waals surface area contributed by atoms with Gasteiger partial charge in [-0.25, -0.2) is 9.59 Å². The number of amides is 1. The van der Waals surface area contributed by atoms with Gasteiger partial charge < -0.3 is 9.47 Å². The fraction of sp³-hybridized carbons (Fsp3) is 0.263. The van der Waals surface area contributed by atoms with Gasteiger partial charge in [0.25, 0.3) is 0 Å². The van der Waals surface area contributed by atoms with Gasteiger partial charge in [-0.15, -0.1) is 0 Å². The molecule has 0 aliphatic heterocycles. The van der Waals surface area contributed by atoms with Crippen molar-refractivity contribution in [1.82, 2.24) is 0 Å². The van der Waals surface area contributed by atoms with Crippen LogP contribution in [0.1, 0.15) is 36.7 Å². The molecule has 0 fully saturated rings. The van der Waals surface area contributed by atoms with E-state index in [0.717, 1.165) is 5.56 Å². The maximum atomic E-state index is 12.0. The van der Waals surface area contributed by atoms with E-state index in [4.69, 9.17) is 9.47 Å². The molecule has 0 atom stereocenters. The van der Waals surface area contributed by atoms with Crippen LogP contribution in [0.2, 0.25) is 0 Å². The number of esters is 1. The van der Waals surface area contributed by atoms with Crippen molar-refractivity contribution in [2.45, 2.75) is 33.0 Å². The van der Waals surface area contributed by atoms with E-state index in [9.17, 15) is 9.59 Å². The van der Waals surface area contributed by atoms with Crippen LogP contribution in [0.3, 0.4) is 0 Å². The van der Waals surface area contributed by atoms with Crippen molar-refractivity contribution in [1.29, 1.82) is 0 Å². The highest BCUT2D eigenvalue weighted by Gasteiger charge is 2.16. The van der Waals surface area contributed by atoms with Gasteiger partial charge >= 0.3 is 12.1 Å². The molecule has 0 aliphatic rings. The summed E-state index contributed by atoms with van der Waals surface area (Å²) in [6.45, 7) is 5.59. The quantitative estimate of drug-likeness (QED) is 0.846. The van der Waals surface area contributed by atoms with Gasteiger partial charge in [0.05, 0.1) is 5.56 Å². The Morgan fingerprint density at radius 1 is 0.958 bits per heavy atom. The second-order valence-corrected chi connectivity index (χ2v) is 6.27. The molecular weight excluding hydrogens is 306 g/mol. The Morgan fingerprint density at radius 3 is 2.17 bits per heavy atom. The van der Waals surface area contributed by atoms with Gasteiger partial charge in [-0.05, 0) is 50.6 Å².